The molecule has 3 aromatic rings. The number of aryl methyl sites for hydroxylation is 2. The van der Waals surface area contributed by atoms with E-state index in [0.717, 1.165) is 48.9 Å². The smallest absolute Gasteiger partial charge is 0.266 e. The number of hydrogen-bond acceptors (Lipinski definition) is 3. The average molecular weight is 448 g/mol. The minimum atomic E-state index is -0.318. The van der Waals surface area contributed by atoms with Gasteiger partial charge >= 0.3 is 0 Å². The number of rotatable bonds is 10. The van der Waals surface area contributed by atoms with Crippen molar-refractivity contribution in [2.45, 2.75) is 79.2 Å². The lowest BCUT2D eigenvalue weighted by molar-refractivity contribution is -0.133. The van der Waals surface area contributed by atoms with Crippen LogP contribution in [0.15, 0.2) is 47.3 Å². The second kappa shape index (κ2) is 11.3. The first kappa shape index (κ1) is 24.7. The van der Waals surface area contributed by atoms with Crippen LogP contribution in [0.4, 0.5) is 0 Å². The summed E-state index contributed by atoms with van der Waals surface area (Å²) in [6.45, 7) is 10.9. The summed E-state index contributed by atoms with van der Waals surface area (Å²) in [6.07, 6.45) is 5.65. The zero-order valence-electron chi connectivity index (χ0n) is 20.7. The van der Waals surface area contributed by atoms with Crippen LogP contribution in [0.1, 0.15) is 82.3 Å². The molecule has 5 heteroatoms. The minimum absolute atomic E-state index is 0.0961. The van der Waals surface area contributed by atoms with Crippen LogP contribution in [0, 0.1) is 13.8 Å². The van der Waals surface area contributed by atoms with Gasteiger partial charge in [0.25, 0.3) is 5.56 Å². The van der Waals surface area contributed by atoms with Crippen LogP contribution >= 0.6 is 0 Å². The van der Waals surface area contributed by atoms with Gasteiger partial charge in [-0.2, -0.15) is 0 Å². The Morgan fingerprint density at radius 3 is 2.48 bits per heavy atom. The van der Waals surface area contributed by atoms with Crippen LogP contribution in [0.3, 0.4) is 0 Å². The predicted molar refractivity (Wildman–Crippen MR) is 136 cm³/mol. The minimum Gasteiger partial charge on any atom is -0.333 e. The van der Waals surface area contributed by atoms with Crippen LogP contribution in [-0.2, 0) is 4.79 Å². The first-order valence-corrected chi connectivity index (χ1v) is 12.3. The summed E-state index contributed by atoms with van der Waals surface area (Å²) >= 11 is 0. The van der Waals surface area contributed by atoms with Crippen LogP contribution in [0.25, 0.3) is 16.6 Å². The summed E-state index contributed by atoms with van der Waals surface area (Å²) in [5.74, 6) is 0.746. The van der Waals surface area contributed by atoms with E-state index in [-0.39, 0.29) is 17.5 Å². The fourth-order valence-electron chi connectivity index (χ4n) is 4.48. The van der Waals surface area contributed by atoms with Crippen molar-refractivity contribution < 1.29 is 4.79 Å². The summed E-state index contributed by atoms with van der Waals surface area (Å²) < 4.78 is 1.72. The molecule has 176 valence electrons. The molecule has 1 unspecified atom stereocenters. The molecule has 0 N–H and O–H groups in total. The summed E-state index contributed by atoms with van der Waals surface area (Å²) in [6, 6.07) is 13.2. The zero-order valence-corrected chi connectivity index (χ0v) is 20.7. The molecule has 0 spiro atoms. The van der Waals surface area contributed by atoms with Crippen molar-refractivity contribution in [1.82, 2.24) is 14.5 Å². The van der Waals surface area contributed by atoms with Crippen molar-refractivity contribution in [3.63, 3.8) is 0 Å². The van der Waals surface area contributed by atoms with Crippen LogP contribution in [-0.4, -0.2) is 26.9 Å². The van der Waals surface area contributed by atoms with Crippen molar-refractivity contribution >= 4 is 16.8 Å². The molecular formula is C28H37N3O2. The van der Waals surface area contributed by atoms with Gasteiger partial charge in [0.15, 0.2) is 0 Å². The Hall–Kier alpha value is -2.95. The number of fused-ring (bicyclic) bond motifs is 1. The number of hydrogen-bond donors (Lipinski definition) is 0. The Morgan fingerprint density at radius 1 is 1.03 bits per heavy atom. The van der Waals surface area contributed by atoms with Gasteiger partial charge in [-0.05, 0) is 57.4 Å². The molecule has 0 radical (unpaired) electrons. The van der Waals surface area contributed by atoms with E-state index in [4.69, 9.17) is 4.98 Å². The van der Waals surface area contributed by atoms with Gasteiger partial charge in [0.2, 0.25) is 5.91 Å². The van der Waals surface area contributed by atoms with Gasteiger partial charge in [0.05, 0.1) is 22.6 Å². The third kappa shape index (κ3) is 5.52. The fourth-order valence-corrected chi connectivity index (χ4v) is 4.48. The molecule has 0 bridgehead atoms. The maximum Gasteiger partial charge on any atom is 0.266 e. The number of carbonyl (C=O) groups is 1. The predicted octanol–water partition coefficient (Wildman–Crippen LogP) is 6.27. The lowest BCUT2D eigenvalue weighted by Crippen LogP contribution is -2.38. The van der Waals surface area contributed by atoms with Crippen molar-refractivity contribution in [2.24, 2.45) is 0 Å². The number of unbranched alkanes of at least 4 members (excludes halogenated alkanes) is 3. The van der Waals surface area contributed by atoms with Crippen LogP contribution < -0.4 is 5.56 Å². The van der Waals surface area contributed by atoms with Gasteiger partial charge in [-0.3, -0.25) is 14.2 Å². The number of nitrogens with zero attached hydrogens (tertiary/aromatic N) is 3. The third-order valence-corrected chi connectivity index (χ3v) is 6.27. The molecule has 0 aliphatic heterocycles. The van der Waals surface area contributed by atoms with E-state index in [0.29, 0.717) is 29.7 Å². The molecule has 0 saturated carbocycles. The molecule has 1 amide bonds. The molecule has 3 rings (SSSR count). The maximum atomic E-state index is 13.7. The first-order chi connectivity index (χ1) is 15.9. The number of benzene rings is 2. The van der Waals surface area contributed by atoms with Gasteiger partial charge < -0.3 is 4.90 Å². The molecule has 1 atom stereocenters. The lowest BCUT2D eigenvalue weighted by Gasteiger charge is -2.31. The second-order valence-corrected chi connectivity index (χ2v) is 8.99. The topological polar surface area (TPSA) is 55.2 Å². The van der Waals surface area contributed by atoms with E-state index in [1.165, 1.54) is 0 Å². The Kier molecular flexibility index (Phi) is 8.43. The second-order valence-electron chi connectivity index (χ2n) is 8.99. The van der Waals surface area contributed by atoms with Crippen molar-refractivity contribution in [1.29, 1.82) is 0 Å². The van der Waals surface area contributed by atoms with Gasteiger partial charge in [0, 0.05) is 13.0 Å². The van der Waals surface area contributed by atoms with Gasteiger partial charge in [-0.1, -0.05) is 62.9 Å². The number of amides is 1. The summed E-state index contributed by atoms with van der Waals surface area (Å²) in [7, 11) is 0. The van der Waals surface area contributed by atoms with Crippen molar-refractivity contribution in [3.8, 4) is 5.69 Å². The number of aromatic nitrogens is 2. The maximum absolute atomic E-state index is 13.7. The van der Waals surface area contributed by atoms with E-state index in [2.05, 4.69) is 19.9 Å². The first-order valence-electron chi connectivity index (χ1n) is 12.3. The molecule has 1 heterocycles. The Balaban J connectivity index is 2.13. The highest BCUT2D eigenvalue weighted by molar-refractivity contribution is 5.79. The molecule has 1 aromatic heterocycles. The number of carbonyl (C=O) groups excluding carboxylic acids is 1. The monoisotopic (exact) mass is 447 g/mol. The summed E-state index contributed by atoms with van der Waals surface area (Å²) in [5.41, 5.74) is 3.54. The lowest BCUT2D eigenvalue weighted by atomic mass is 10.1. The SMILES string of the molecule is CCCCCCC(=O)N(CCC)C(C)c1nc2ccccc2c(=O)n1-c1ccc(C)cc1C. The van der Waals surface area contributed by atoms with Gasteiger partial charge in [-0.25, -0.2) is 4.98 Å². The van der Waals surface area contributed by atoms with Gasteiger partial charge in [0.1, 0.15) is 5.82 Å². The van der Waals surface area contributed by atoms with Gasteiger partial charge in [-0.15, -0.1) is 0 Å². The fraction of sp³-hybridized carbons (Fsp3) is 0.464. The molecule has 5 nitrogen and oxygen atoms in total. The van der Waals surface area contributed by atoms with Crippen molar-refractivity contribution in [3.05, 3.63) is 69.8 Å². The highest BCUT2D eigenvalue weighted by Gasteiger charge is 2.26. The number of para-hydroxylation sites is 1. The van der Waals surface area contributed by atoms with Crippen LogP contribution in [0.2, 0.25) is 0 Å². The standard InChI is InChI=1S/C28H37N3O2/c1-6-8-9-10-15-26(32)30(18-7-2)22(5)27-29-24-14-12-11-13-23(24)28(33)31(27)25-17-16-20(3)19-21(25)4/h11-14,16-17,19,22H,6-10,15,18H2,1-5H3. The summed E-state index contributed by atoms with van der Waals surface area (Å²) in [5, 5.41) is 0.585. The Bertz CT molecular complexity index is 1170. The molecule has 2 aromatic carbocycles. The molecule has 0 fully saturated rings. The van der Waals surface area contributed by atoms with E-state index < -0.39 is 0 Å². The molecule has 0 aliphatic carbocycles. The van der Waals surface area contributed by atoms with E-state index >= 15 is 0 Å². The normalized spacial score (nSPS) is 12.2. The molecule has 0 aliphatic rings. The van der Waals surface area contributed by atoms with E-state index in [1.54, 1.807) is 4.57 Å². The largest absolute Gasteiger partial charge is 0.333 e. The molecule has 33 heavy (non-hydrogen) atoms. The van der Waals surface area contributed by atoms with Crippen LogP contribution in [0.5, 0.6) is 0 Å². The quantitative estimate of drug-likeness (QED) is 0.344. The zero-order chi connectivity index (χ0) is 24.0. The Labute approximate surface area is 197 Å². The van der Waals surface area contributed by atoms with Crippen molar-refractivity contribution in [2.75, 3.05) is 6.54 Å². The third-order valence-electron chi connectivity index (χ3n) is 6.27. The van der Waals surface area contributed by atoms with E-state index in [1.807, 2.05) is 62.1 Å². The summed E-state index contributed by atoms with van der Waals surface area (Å²) in [4.78, 5) is 33.8. The highest BCUT2D eigenvalue weighted by atomic mass is 16.2. The van der Waals surface area contributed by atoms with E-state index in [9.17, 15) is 9.59 Å². The molecular weight excluding hydrogens is 410 g/mol. The average Bonchev–Trinajstić information content (AvgIpc) is 2.80. The Morgan fingerprint density at radius 2 is 1.79 bits per heavy atom. The highest BCUT2D eigenvalue weighted by Crippen LogP contribution is 2.26. The molecule has 0 saturated heterocycles.